The summed E-state index contributed by atoms with van der Waals surface area (Å²) in [5, 5.41) is 0. The van der Waals surface area contributed by atoms with Gasteiger partial charge < -0.3 is 9.80 Å². The van der Waals surface area contributed by atoms with E-state index in [1.54, 1.807) is 0 Å². The lowest BCUT2D eigenvalue weighted by Gasteiger charge is -2.24. The molecule has 0 amide bonds. The lowest BCUT2D eigenvalue weighted by molar-refractivity contribution is 0.301. The first kappa shape index (κ1) is 27.7. The molecule has 1 rings (SSSR count). The highest BCUT2D eigenvalue weighted by atomic mass is 16.2. The molecule has 0 radical (unpaired) electrons. The fourth-order valence-electron chi connectivity index (χ4n) is 2.34. The molecule has 0 heterocycles. The summed E-state index contributed by atoms with van der Waals surface area (Å²) in [6, 6.07) is 0. The largest absolute Gasteiger partial charge is 0.371 e. The van der Waals surface area contributed by atoms with Crippen molar-refractivity contribution in [1.82, 2.24) is 4.90 Å². The van der Waals surface area contributed by atoms with Gasteiger partial charge in [0.05, 0.1) is 5.69 Å². The molecule has 0 aromatic heterocycles. The van der Waals surface area contributed by atoms with Gasteiger partial charge in [0.2, 0.25) is 10.9 Å². The highest BCUT2D eigenvalue weighted by Crippen LogP contribution is 2.13. The average molecular weight is 343 g/mol. The van der Waals surface area contributed by atoms with Gasteiger partial charge in [-0.3, -0.25) is 9.59 Å². The standard InChI is InChI=1S/C14H24N2O2.3C2H6/c1-5-11-12(14(18)13(11)17)15(4)9-8-10-16(6-2)7-3;3*1-2/h5-10H2,1-4H3;3*1-2H3. The Morgan fingerprint density at radius 2 is 1.21 bits per heavy atom. The summed E-state index contributed by atoms with van der Waals surface area (Å²) in [6.45, 7) is 22.2. The van der Waals surface area contributed by atoms with Crippen molar-refractivity contribution in [1.29, 1.82) is 0 Å². The first-order valence-corrected chi connectivity index (χ1v) is 9.82. The average Bonchev–Trinajstić information content (AvgIpc) is 2.66. The highest BCUT2D eigenvalue weighted by molar-refractivity contribution is 5.58. The van der Waals surface area contributed by atoms with Gasteiger partial charge in [0, 0.05) is 19.2 Å². The minimum absolute atomic E-state index is 0.289. The van der Waals surface area contributed by atoms with Gasteiger partial charge in [-0.15, -0.1) is 0 Å². The Morgan fingerprint density at radius 1 is 0.750 bits per heavy atom. The van der Waals surface area contributed by atoms with Gasteiger partial charge in [-0.25, -0.2) is 0 Å². The number of hydrogen-bond acceptors (Lipinski definition) is 4. The van der Waals surface area contributed by atoms with E-state index in [1.165, 1.54) is 0 Å². The van der Waals surface area contributed by atoms with Gasteiger partial charge in [-0.2, -0.15) is 0 Å². The van der Waals surface area contributed by atoms with Gasteiger partial charge in [0.25, 0.3) is 0 Å². The van der Waals surface area contributed by atoms with Gasteiger partial charge in [-0.05, 0) is 32.5 Å². The van der Waals surface area contributed by atoms with E-state index in [4.69, 9.17) is 0 Å². The van der Waals surface area contributed by atoms with Gasteiger partial charge in [0.15, 0.2) is 0 Å². The zero-order valence-electron chi connectivity index (χ0n) is 18.0. The molecule has 0 fully saturated rings. The Kier molecular flexibility index (Phi) is 21.0. The summed E-state index contributed by atoms with van der Waals surface area (Å²) in [5.74, 6) is 0. The normalized spacial score (nSPS) is 9.29. The van der Waals surface area contributed by atoms with Crippen LogP contribution in [0.25, 0.3) is 0 Å². The summed E-state index contributed by atoms with van der Waals surface area (Å²) in [5.41, 5.74) is 0.743. The van der Waals surface area contributed by atoms with Crippen LogP contribution in [0.15, 0.2) is 9.59 Å². The Labute approximate surface area is 150 Å². The predicted octanol–water partition coefficient (Wildman–Crippen LogP) is 4.09. The maximum absolute atomic E-state index is 11.5. The molecule has 144 valence electrons. The van der Waals surface area contributed by atoms with Crippen molar-refractivity contribution in [3.8, 4) is 0 Å². The van der Waals surface area contributed by atoms with Gasteiger partial charge >= 0.3 is 0 Å². The number of hydrogen-bond donors (Lipinski definition) is 0. The van der Waals surface area contributed by atoms with Crippen LogP contribution in [0, 0.1) is 0 Å². The molecule has 0 aliphatic rings. The zero-order valence-corrected chi connectivity index (χ0v) is 18.0. The van der Waals surface area contributed by atoms with Crippen molar-refractivity contribution < 1.29 is 0 Å². The molecule has 0 saturated heterocycles. The third-order valence-electron chi connectivity index (χ3n) is 3.58. The van der Waals surface area contributed by atoms with Gasteiger partial charge in [0.1, 0.15) is 0 Å². The molecule has 0 aliphatic heterocycles. The van der Waals surface area contributed by atoms with Crippen molar-refractivity contribution in [3.05, 3.63) is 26.0 Å². The Hall–Kier alpha value is -1.16. The maximum atomic E-state index is 11.5. The topological polar surface area (TPSA) is 40.6 Å². The van der Waals surface area contributed by atoms with Crippen LogP contribution < -0.4 is 15.8 Å². The van der Waals surface area contributed by atoms with E-state index in [9.17, 15) is 9.59 Å². The van der Waals surface area contributed by atoms with Gasteiger partial charge in [-0.1, -0.05) is 62.3 Å². The van der Waals surface area contributed by atoms with Crippen LogP contribution >= 0.6 is 0 Å². The number of nitrogens with zero attached hydrogens (tertiary/aromatic N) is 2. The molecule has 0 saturated carbocycles. The Bertz CT molecular complexity index is 444. The fourth-order valence-corrected chi connectivity index (χ4v) is 2.34. The van der Waals surface area contributed by atoms with E-state index in [0.29, 0.717) is 17.7 Å². The number of rotatable bonds is 8. The molecule has 24 heavy (non-hydrogen) atoms. The summed E-state index contributed by atoms with van der Waals surface area (Å²) >= 11 is 0. The molecule has 1 aromatic rings. The summed E-state index contributed by atoms with van der Waals surface area (Å²) < 4.78 is 0. The molecule has 1 aromatic carbocycles. The molecular formula is C20H42N2O2. The SMILES string of the molecule is CC.CC.CC.CCc1c(N(C)CCCN(CC)CC)c(=O)c1=O. The molecule has 0 N–H and O–H groups in total. The zero-order chi connectivity index (χ0) is 19.7. The van der Waals surface area contributed by atoms with Crippen molar-refractivity contribution >= 4 is 5.69 Å². The lowest BCUT2D eigenvalue weighted by atomic mass is 10.0. The quantitative estimate of drug-likeness (QED) is 0.667. The first-order valence-electron chi connectivity index (χ1n) is 9.82. The van der Waals surface area contributed by atoms with E-state index >= 15 is 0 Å². The third-order valence-corrected chi connectivity index (χ3v) is 3.58. The van der Waals surface area contributed by atoms with Crippen LogP contribution in [0.4, 0.5) is 5.69 Å². The van der Waals surface area contributed by atoms with Crippen LogP contribution in [-0.4, -0.2) is 38.1 Å². The monoisotopic (exact) mass is 342 g/mol. The highest BCUT2D eigenvalue weighted by Gasteiger charge is 2.21. The van der Waals surface area contributed by atoms with E-state index in [1.807, 2.05) is 60.4 Å². The summed E-state index contributed by atoms with van der Waals surface area (Å²) in [6.07, 6.45) is 1.67. The second-order valence-corrected chi connectivity index (χ2v) is 4.64. The van der Waals surface area contributed by atoms with Crippen LogP contribution in [0.3, 0.4) is 0 Å². The van der Waals surface area contributed by atoms with E-state index in [0.717, 1.165) is 32.6 Å². The Balaban J connectivity index is -0.000000659. The summed E-state index contributed by atoms with van der Waals surface area (Å²) in [7, 11) is 1.90. The molecule has 4 nitrogen and oxygen atoms in total. The first-order chi connectivity index (χ1) is 11.6. The predicted molar refractivity (Wildman–Crippen MR) is 110 cm³/mol. The second kappa shape index (κ2) is 18.2. The summed E-state index contributed by atoms with van der Waals surface area (Å²) in [4.78, 5) is 27.2. The van der Waals surface area contributed by atoms with Crippen LogP contribution in [0.5, 0.6) is 0 Å². The molecule has 0 bridgehead atoms. The minimum Gasteiger partial charge on any atom is -0.371 e. The van der Waals surface area contributed by atoms with Crippen molar-refractivity contribution in [2.75, 3.05) is 38.1 Å². The smallest absolute Gasteiger partial charge is 0.249 e. The molecule has 0 unspecified atom stereocenters. The maximum Gasteiger partial charge on any atom is 0.249 e. The molecule has 0 aliphatic carbocycles. The number of anilines is 1. The van der Waals surface area contributed by atoms with Crippen LogP contribution in [0.1, 0.15) is 74.3 Å². The van der Waals surface area contributed by atoms with Crippen molar-refractivity contribution in [2.24, 2.45) is 0 Å². The van der Waals surface area contributed by atoms with E-state index in [2.05, 4.69) is 18.7 Å². The second-order valence-electron chi connectivity index (χ2n) is 4.64. The van der Waals surface area contributed by atoms with Crippen LogP contribution in [0.2, 0.25) is 0 Å². The fraction of sp³-hybridized carbons (Fsp3) is 0.800. The van der Waals surface area contributed by atoms with E-state index in [-0.39, 0.29) is 10.9 Å². The van der Waals surface area contributed by atoms with Crippen molar-refractivity contribution in [2.45, 2.75) is 75.2 Å². The van der Waals surface area contributed by atoms with Crippen LogP contribution in [-0.2, 0) is 6.42 Å². The van der Waals surface area contributed by atoms with E-state index < -0.39 is 0 Å². The molecular weight excluding hydrogens is 300 g/mol. The third kappa shape index (κ3) is 8.62. The molecule has 0 atom stereocenters. The molecule has 0 spiro atoms. The molecule has 4 heteroatoms. The minimum atomic E-state index is -0.308. The lowest BCUT2D eigenvalue weighted by Crippen LogP contribution is -2.43. The van der Waals surface area contributed by atoms with Crippen molar-refractivity contribution in [3.63, 3.8) is 0 Å². The Morgan fingerprint density at radius 3 is 1.58 bits per heavy atom.